The molecule has 2 atom stereocenters. The molecule has 0 saturated heterocycles. The van der Waals surface area contributed by atoms with Crippen LogP contribution in [0.15, 0.2) is 30.3 Å². The summed E-state index contributed by atoms with van der Waals surface area (Å²) in [5.74, 6) is -1.60. The van der Waals surface area contributed by atoms with Crippen molar-refractivity contribution in [2.24, 2.45) is 5.92 Å². The highest BCUT2D eigenvalue weighted by atomic mass is 16.6. The summed E-state index contributed by atoms with van der Waals surface area (Å²) in [5.41, 5.74) is -0.126. The number of aliphatic hydroxyl groups excluding tert-OH is 1. The molecule has 5 heteroatoms. The summed E-state index contributed by atoms with van der Waals surface area (Å²) >= 11 is 0. The minimum Gasteiger partial charge on any atom is -0.460 e. The van der Waals surface area contributed by atoms with Crippen molar-refractivity contribution in [2.45, 2.75) is 39.4 Å². The van der Waals surface area contributed by atoms with Gasteiger partial charge in [-0.2, -0.15) is 0 Å². The van der Waals surface area contributed by atoms with E-state index in [4.69, 9.17) is 4.74 Å². The molecule has 2 N–H and O–H groups in total. The number of nitrogens with one attached hydrogen (secondary N) is 1. The van der Waals surface area contributed by atoms with Gasteiger partial charge in [-0.3, -0.25) is 9.59 Å². The predicted octanol–water partition coefficient (Wildman–Crippen LogP) is 1.76. The third-order valence-electron chi connectivity index (χ3n) is 2.81. The number of hydrogen-bond acceptors (Lipinski definition) is 4. The molecule has 0 bridgehead atoms. The number of esters is 1. The summed E-state index contributed by atoms with van der Waals surface area (Å²) in [4.78, 5) is 24.0. The van der Waals surface area contributed by atoms with E-state index in [2.05, 4.69) is 5.32 Å². The molecule has 0 aliphatic carbocycles. The molecule has 0 aliphatic rings. The van der Waals surface area contributed by atoms with Crippen LogP contribution in [0.4, 0.5) is 0 Å². The zero-order valence-electron chi connectivity index (χ0n) is 12.9. The van der Waals surface area contributed by atoms with Crippen LogP contribution in [0.2, 0.25) is 0 Å². The topological polar surface area (TPSA) is 75.6 Å². The average molecular weight is 293 g/mol. The second kappa shape index (κ2) is 7.22. The van der Waals surface area contributed by atoms with Crippen molar-refractivity contribution in [1.29, 1.82) is 0 Å². The monoisotopic (exact) mass is 293 g/mol. The first-order valence-electron chi connectivity index (χ1n) is 6.95. The van der Waals surface area contributed by atoms with Gasteiger partial charge in [0.05, 0.1) is 12.0 Å². The van der Waals surface area contributed by atoms with E-state index in [0.717, 1.165) is 0 Å². The molecule has 0 aliphatic heterocycles. The number of carbonyl (C=O) groups excluding carboxylic acids is 2. The first-order valence-corrected chi connectivity index (χ1v) is 6.95. The van der Waals surface area contributed by atoms with Crippen LogP contribution in [0.1, 0.15) is 38.1 Å². The minimum absolute atomic E-state index is 0.0281. The van der Waals surface area contributed by atoms with Gasteiger partial charge in [-0.1, -0.05) is 18.2 Å². The van der Waals surface area contributed by atoms with Gasteiger partial charge in [0.25, 0.3) is 5.91 Å². The van der Waals surface area contributed by atoms with Crippen molar-refractivity contribution in [2.75, 3.05) is 6.54 Å². The van der Waals surface area contributed by atoms with Crippen LogP contribution in [-0.2, 0) is 9.53 Å². The number of carbonyl (C=O) groups is 2. The minimum atomic E-state index is -0.907. The fourth-order valence-corrected chi connectivity index (χ4v) is 1.72. The summed E-state index contributed by atoms with van der Waals surface area (Å²) in [5, 5.41) is 12.4. The number of benzene rings is 1. The Balaban J connectivity index is 2.64. The molecule has 0 heterocycles. The summed E-state index contributed by atoms with van der Waals surface area (Å²) in [6, 6.07) is 8.69. The molecule has 116 valence electrons. The molecule has 1 aromatic carbocycles. The van der Waals surface area contributed by atoms with Gasteiger partial charge in [-0.15, -0.1) is 0 Å². The van der Waals surface area contributed by atoms with Gasteiger partial charge in [0.2, 0.25) is 0 Å². The Kier molecular flexibility index (Phi) is 5.90. The molecule has 0 radical (unpaired) electrons. The number of amides is 1. The van der Waals surface area contributed by atoms with Gasteiger partial charge in [0, 0.05) is 12.1 Å². The molecule has 0 unspecified atom stereocenters. The second-order valence-corrected chi connectivity index (χ2v) is 5.96. The molecule has 5 nitrogen and oxygen atoms in total. The molecule has 0 spiro atoms. The predicted molar refractivity (Wildman–Crippen MR) is 79.8 cm³/mol. The molecule has 0 saturated carbocycles. The molecular formula is C16H23NO4. The maximum Gasteiger partial charge on any atom is 0.313 e. The molecule has 1 amide bonds. The van der Waals surface area contributed by atoms with Gasteiger partial charge in [-0.25, -0.2) is 0 Å². The van der Waals surface area contributed by atoms with Crippen molar-refractivity contribution in [3.8, 4) is 0 Å². The van der Waals surface area contributed by atoms with E-state index >= 15 is 0 Å². The number of hydrogen-bond donors (Lipinski definition) is 2. The summed E-state index contributed by atoms with van der Waals surface area (Å²) in [6.07, 6.45) is -0.907. The fourth-order valence-electron chi connectivity index (χ4n) is 1.72. The van der Waals surface area contributed by atoms with E-state index in [1.54, 1.807) is 45.0 Å². The third-order valence-corrected chi connectivity index (χ3v) is 2.81. The van der Waals surface area contributed by atoms with E-state index in [-0.39, 0.29) is 12.5 Å². The molecule has 0 fully saturated rings. The Bertz CT molecular complexity index is 477. The maximum atomic E-state index is 12.0. The first kappa shape index (κ1) is 17.2. The lowest BCUT2D eigenvalue weighted by Crippen LogP contribution is -2.41. The summed E-state index contributed by atoms with van der Waals surface area (Å²) in [6.45, 7) is 6.80. The zero-order chi connectivity index (χ0) is 16.0. The highest BCUT2D eigenvalue weighted by molar-refractivity contribution is 5.94. The van der Waals surface area contributed by atoms with Gasteiger partial charge in [0.15, 0.2) is 0 Å². The standard InChI is InChI=1S/C16H23NO4/c1-11(18)13(15(20)21-16(2,3)4)10-17-14(19)12-8-6-5-7-9-12/h5-9,11,13,18H,10H2,1-4H3,(H,17,19)/t11-,13+/m1/s1. The third kappa shape index (κ3) is 5.95. The zero-order valence-corrected chi connectivity index (χ0v) is 12.9. The van der Waals surface area contributed by atoms with Gasteiger partial charge < -0.3 is 15.2 Å². The lowest BCUT2D eigenvalue weighted by Gasteiger charge is -2.25. The van der Waals surface area contributed by atoms with Crippen LogP contribution in [0.3, 0.4) is 0 Å². The van der Waals surface area contributed by atoms with Crippen LogP contribution >= 0.6 is 0 Å². The molecule has 0 aromatic heterocycles. The van der Waals surface area contributed by atoms with E-state index in [0.29, 0.717) is 5.56 Å². The molecule has 1 aromatic rings. The molecular weight excluding hydrogens is 270 g/mol. The smallest absolute Gasteiger partial charge is 0.313 e. The fraction of sp³-hybridized carbons (Fsp3) is 0.500. The van der Waals surface area contributed by atoms with E-state index in [1.165, 1.54) is 6.92 Å². The van der Waals surface area contributed by atoms with E-state index in [9.17, 15) is 14.7 Å². The normalized spacial score (nSPS) is 14.1. The van der Waals surface area contributed by atoms with Gasteiger partial charge in [-0.05, 0) is 39.8 Å². The Labute approximate surface area is 125 Å². The van der Waals surface area contributed by atoms with Crippen LogP contribution in [0.25, 0.3) is 0 Å². The quantitative estimate of drug-likeness (QED) is 0.811. The van der Waals surface area contributed by atoms with Gasteiger partial charge in [0.1, 0.15) is 5.60 Å². The average Bonchev–Trinajstić information content (AvgIpc) is 2.37. The van der Waals surface area contributed by atoms with Crippen LogP contribution in [0, 0.1) is 5.92 Å². The SMILES string of the molecule is C[C@@H](O)[C@H](CNC(=O)c1ccccc1)C(=O)OC(C)(C)C. The van der Waals surface area contributed by atoms with Crippen molar-refractivity contribution in [1.82, 2.24) is 5.32 Å². The van der Waals surface area contributed by atoms with E-state index < -0.39 is 23.6 Å². The number of rotatable bonds is 5. The van der Waals surface area contributed by atoms with Gasteiger partial charge >= 0.3 is 5.97 Å². The highest BCUT2D eigenvalue weighted by Gasteiger charge is 2.29. The largest absolute Gasteiger partial charge is 0.460 e. The maximum absolute atomic E-state index is 12.0. The first-order chi connectivity index (χ1) is 9.70. The Hall–Kier alpha value is -1.88. The Morgan fingerprint density at radius 1 is 1.24 bits per heavy atom. The van der Waals surface area contributed by atoms with E-state index in [1.807, 2.05) is 6.07 Å². The molecule has 1 rings (SSSR count). The van der Waals surface area contributed by atoms with Crippen molar-refractivity contribution >= 4 is 11.9 Å². The summed E-state index contributed by atoms with van der Waals surface area (Å²) < 4.78 is 5.25. The lowest BCUT2D eigenvalue weighted by molar-refractivity contribution is -0.163. The van der Waals surface area contributed by atoms with Crippen LogP contribution in [0.5, 0.6) is 0 Å². The van der Waals surface area contributed by atoms with Crippen molar-refractivity contribution in [3.05, 3.63) is 35.9 Å². The Morgan fingerprint density at radius 2 is 1.81 bits per heavy atom. The summed E-state index contributed by atoms with van der Waals surface area (Å²) in [7, 11) is 0. The van der Waals surface area contributed by atoms with Crippen molar-refractivity contribution in [3.63, 3.8) is 0 Å². The Morgan fingerprint density at radius 3 is 2.29 bits per heavy atom. The van der Waals surface area contributed by atoms with Crippen LogP contribution < -0.4 is 5.32 Å². The second-order valence-electron chi connectivity index (χ2n) is 5.96. The lowest BCUT2D eigenvalue weighted by atomic mass is 10.0. The highest BCUT2D eigenvalue weighted by Crippen LogP contribution is 2.14. The number of ether oxygens (including phenoxy) is 1. The van der Waals surface area contributed by atoms with Crippen molar-refractivity contribution < 1.29 is 19.4 Å². The number of aliphatic hydroxyl groups is 1. The molecule has 21 heavy (non-hydrogen) atoms. The van der Waals surface area contributed by atoms with Crippen LogP contribution in [-0.4, -0.2) is 35.2 Å².